The highest BCUT2D eigenvalue weighted by atomic mass is 15.3. The Morgan fingerprint density at radius 3 is 1.91 bits per heavy atom. The van der Waals surface area contributed by atoms with Crippen LogP contribution in [0.5, 0.6) is 0 Å². The van der Waals surface area contributed by atoms with Crippen molar-refractivity contribution in [3.05, 3.63) is 167 Å². The van der Waals surface area contributed by atoms with Crippen molar-refractivity contribution in [2.75, 3.05) is 0 Å². The van der Waals surface area contributed by atoms with E-state index in [9.17, 15) is 0 Å². The third kappa shape index (κ3) is 4.41. The Labute approximate surface area is 263 Å². The normalized spacial score (nSPS) is 16.7. The van der Waals surface area contributed by atoms with E-state index in [-0.39, 0.29) is 6.17 Å². The van der Waals surface area contributed by atoms with Crippen LogP contribution in [-0.2, 0) is 0 Å². The quantitative estimate of drug-likeness (QED) is 0.226. The Kier molecular flexibility index (Phi) is 6.05. The molecule has 1 unspecified atom stereocenters. The standard InChI is InChI=1S/C43H32N2/c1-2-10-29(11-3-1)35-24-25-41-44-40(28-45(41)27-35)31-19-21-32(22-20-31)42-36-14-6-8-16-38(36)43(39-17-9-7-15-37(39)42)34-23-18-30-12-4-5-13-33(30)26-34/h1-6,8,10-28,41,44H,7,9H2. The zero-order valence-corrected chi connectivity index (χ0v) is 24.9. The molecule has 2 nitrogen and oxygen atoms in total. The van der Waals surface area contributed by atoms with E-state index in [0.29, 0.717) is 0 Å². The number of benzene rings is 6. The molecule has 1 N–H and O–H groups in total. The number of hydrogen-bond donors (Lipinski definition) is 1. The molecule has 214 valence electrons. The summed E-state index contributed by atoms with van der Waals surface area (Å²) in [6.45, 7) is 0. The van der Waals surface area contributed by atoms with E-state index in [2.05, 4.69) is 168 Å². The number of hydrogen-bond acceptors (Lipinski definition) is 2. The molecule has 0 bridgehead atoms. The number of allylic oxidation sites excluding steroid dienone is 2. The van der Waals surface area contributed by atoms with Gasteiger partial charge in [0.25, 0.3) is 0 Å². The predicted octanol–water partition coefficient (Wildman–Crippen LogP) is 8.82. The molecule has 0 aromatic heterocycles. The average molecular weight is 577 g/mol. The Bertz CT molecular complexity index is 2340. The molecule has 0 saturated heterocycles. The molecular weight excluding hydrogens is 544 g/mol. The molecule has 0 fully saturated rings. The molecule has 1 aliphatic carbocycles. The van der Waals surface area contributed by atoms with Gasteiger partial charge in [0.2, 0.25) is 0 Å². The van der Waals surface area contributed by atoms with Gasteiger partial charge in [0.15, 0.2) is 0 Å². The molecule has 0 radical (unpaired) electrons. The number of fused-ring (bicyclic) bond motifs is 4. The van der Waals surface area contributed by atoms with Crippen molar-refractivity contribution < 1.29 is 0 Å². The summed E-state index contributed by atoms with van der Waals surface area (Å²) in [6.07, 6.45) is 16.1. The lowest BCUT2D eigenvalue weighted by Gasteiger charge is -2.24. The van der Waals surface area contributed by atoms with E-state index >= 15 is 0 Å². The van der Waals surface area contributed by atoms with Crippen LogP contribution in [-0.4, -0.2) is 11.1 Å². The molecule has 3 aliphatic rings. The third-order valence-electron chi connectivity index (χ3n) is 9.44. The lowest BCUT2D eigenvalue weighted by Crippen LogP contribution is -2.32. The van der Waals surface area contributed by atoms with E-state index < -0.39 is 0 Å². The first-order valence-electron chi connectivity index (χ1n) is 15.9. The van der Waals surface area contributed by atoms with E-state index in [1.807, 2.05) is 0 Å². The smallest absolute Gasteiger partial charge is 0.122 e. The van der Waals surface area contributed by atoms with Gasteiger partial charge < -0.3 is 10.2 Å². The lowest BCUT2D eigenvalue weighted by atomic mass is 9.85. The summed E-state index contributed by atoms with van der Waals surface area (Å²) in [5, 5.41) is 11.6. The molecule has 9 rings (SSSR count). The maximum atomic E-state index is 3.70. The van der Waals surface area contributed by atoms with Gasteiger partial charge in [-0.15, -0.1) is 0 Å². The van der Waals surface area contributed by atoms with E-state index in [4.69, 9.17) is 0 Å². The Balaban J connectivity index is 1.13. The number of rotatable bonds is 4. The van der Waals surface area contributed by atoms with Crippen LogP contribution in [0, 0.1) is 0 Å². The first-order chi connectivity index (χ1) is 22.3. The van der Waals surface area contributed by atoms with Crippen molar-refractivity contribution in [1.29, 1.82) is 0 Å². The van der Waals surface area contributed by atoms with Crippen LogP contribution in [0.2, 0.25) is 0 Å². The van der Waals surface area contributed by atoms with Gasteiger partial charge in [-0.3, -0.25) is 0 Å². The van der Waals surface area contributed by atoms with Crippen LogP contribution < -0.4 is 15.8 Å². The second-order valence-corrected chi connectivity index (χ2v) is 12.1. The van der Waals surface area contributed by atoms with Crippen molar-refractivity contribution >= 4 is 45.0 Å². The summed E-state index contributed by atoms with van der Waals surface area (Å²) in [4.78, 5) is 2.27. The molecular formula is C43H32N2. The summed E-state index contributed by atoms with van der Waals surface area (Å²) < 4.78 is 0. The van der Waals surface area contributed by atoms with Crippen molar-refractivity contribution in [1.82, 2.24) is 10.2 Å². The highest BCUT2D eigenvalue weighted by Gasteiger charge is 2.24. The first kappa shape index (κ1) is 25.9. The minimum atomic E-state index is 0.135. The molecule has 0 saturated carbocycles. The molecule has 2 heterocycles. The Morgan fingerprint density at radius 2 is 1.16 bits per heavy atom. The van der Waals surface area contributed by atoms with E-state index in [1.165, 1.54) is 70.9 Å². The maximum Gasteiger partial charge on any atom is 0.122 e. The average Bonchev–Trinajstić information content (AvgIpc) is 3.54. The van der Waals surface area contributed by atoms with Crippen molar-refractivity contribution in [2.24, 2.45) is 0 Å². The van der Waals surface area contributed by atoms with Crippen LogP contribution >= 0.6 is 0 Å². The highest BCUT2D eigenvalue weighted by Crippen LogP contribution is 2.34. The fourth-order valence-corrected chi connectivity index (χ4v) is 7.26. The summed E-state index contributed by atoms with van der Waals surface area (Å²) in [5.41, 5.74) is 9.99. The van der Waals surface area contributed by atoms with Gasteiger partial charge in [0.05, 0.1) is 5.70 Å². The summed E-state index contributed by atoms with van der Waals surface area (Å²) in [6, 6.07) is 44.2. The first-order valence-corrected chi connectivity index (χ1v) is 15.9. The van der Waals surface area contributed by atoms with Crippen LogP contribution in [0.3, 0.4) is 0 Å². The third-order valence-corrected chi connectivity index (χ3v) is 9.44. The van der Waals surface area contributed by atoms with Crippen molar-refractivity contribution in [2.45, 2.75) is 19.0 Å². The van der Waals surface area contributed by atoms with Gasteiger partial charge in [-0.2, -0.15) is 0 Å². The Hall–Kier alpha value is -5.60. The van der Waals surface area contributed by atoms with Gasteiger partial charge >= 0.3 is 0 Å². The van der Waals surface area contributed by atoms with Gasteiger partial charge in [-0.1, -0.05) is 133 Å². The zero-order chi connectivity index (χ0) is 29.7. The summed E-state index contributed by atoms with van der Waals surface area (Å²) >= 11 is 0. The van der Waals surface area contributed by atoms with Gasteiger partial charge in [0.1, 0.15) is 6.17 Å². The minimum absolute atomic E-state index is 0.135. The van der Waals surface area contributed by atoms with E-state index in [1.54, 1.807) is 0 Å². The Morgan fingerprint density at radius 1 is 0.533 bits per heavy atom. The topological polar surface area (TPSA) is 15.3 Å². The zero-order valence-electron chi connectivity index (χ0n) is 24.9. The lowest BCUT2D eigenvalue weighted by molar-refractivity contribution is 0.429. The van der Waals surface area contributed by atoms with Crippen LogP contribution in [0.25, 0.3) is 67.2 Å². The maximum absolute atomic E-state index is 3.70. The predicted molar refractivity (Wildman–Crippen MR) is 190 cm³/mol. The minimum Gasteiger partial charge on any atom is -0.360 e. The van der Waals surface area contributed by atoms with Gasteiger partial charge in [-0.05, 0) is 95.9 Å². The molecule has 0 spiro atoms. The SMILES string of the molecule is C1=CC2NC(c3ccc(-c4c5c(c(-c6ccc7ccccc7c6)c6ccccc46)=CCCC=5)cc3)=CN2C=C1c1ccccc1. The van der Waals surface area contributed by atoms with Gasteiger partial charge in [0, 0.05) is 12.4 Å². The van der Waals surface area contributed by atoms with Crippen LogP contribution in [0.4, 0.5) is 0 Å². The van der Waals surface area contributed by atoms with Gasteiger partial charge in [-0.25, -0.2) is 0 Å². The second kappa shape index (κ2) is 10.5. The molecule has 1 atom stereocenters. The molecule has 6 aromatic carbocycles. The number of nitrogens with zero attached hydrogens (tertiary/aromatic N) is 1. The van der Waals surface area contributed by atoms with Crippen molar-refractivity contribution in [3.63, 3.8) is 0 Å². The molecule has 45 heavy (non-hydrogen) atoms. The van der Waals surface area contributed by atoms with Crippen molar-refractivity contribution in [3.8, 4) is 22.3 Å². The molecule has 6 aromatic rings. The fourth-order valence-electron chi connectivity index (χ4n) is 7.26. The fraction of sp³-hybridized carbons (Fsp3) is 0.0698. The largest absolute Gasteiger partial charge is 0.360 e. The summed E-state index contributed by atoms with van der Waals surface area (Å²) in [5.74, 6) is 0. The monoisotopic (exact) mass is 576 g/mol. The van der Waals surface area contributed by atoms with E-state index in [0.717, 1.165) is 18.5 Å². The molecule has 0 amide bonds. The molecule has 2 heteroatoms. The summed E-state index contributed by atoms with van der Waals surface area (Å²) in [7, 11) is 0. The molecule has 2 aliphatic heterocycles. The highest BCUT2D eigenvalue weighted by molar-refractivity contribution is 6.06. The van der Waals surface area contributed by atoms with Crippen LogP contribution in [0.1, 0.15) is 24.0 Å². The van der Waals surface area contributed by atoms with Crippen LogP contribution in [0.15, 0.2) is 146 Å². The second-order valence-electron chi connectivity index (χ2n) is 12.1. The number of nitrogens with one attached hydrogen (secondary N) is 1.